The molecule has 0 aliphatic carbocycles. The average molecular weight is 400 g/mol. The first-order valence-corrected chi connectivity index (χ1v) is 12.1. The lowest BCUT2D eigenvalue weighted by molar-refractivity contribution is -0.893. The summed E-state index contributed by atoms with van der Waals surface area (Å²) in [6.45, 7) is 3.40. The predicted molar refractivity (Wildman–Crippen MR) is 117 cm³/mol. The minimum Gasteiger partial charge on any atom is -0.550 e. The first-order valence-electron chi connectivity index (χ1n) is 12.1. The highest BCUT2D eigenvalue weighted by Crippen LogP contribution is 2.14. The van der Waals surface area contributed by atoms with Crippen molar-refractivity contribution >= 4 is 5.97 Å². The van der Waals surface area contributed by atoms with E-state index >= 15 is 0 Å². The van der Waals surface area contributed by atoms with Crippen LogP contribution in [-0.2, 0) is 4.79 Å². The van der Waals surface area contributed by atoms with Crippen LogP contribution >= 0.6 is 0 Å². The number of aliphatic hydroxyl groups is 1. The smallest absolute Gasteiger partial charge is 0.105 e. The van der Waals surface area contributed by atoms with Crippen molar-refractivity contribution in [2.45, 2.75) is 122 Å². The fourth-order valence-electron chi connectivity index (χ4n) is 3.90. The normalized spacial score (nSPS) is 13.0. The van der Waals surface area contributed by atoms with E-state index in [4.69, 9.17) is 0 Å². The molecule has 0 amide bonds. The lowest BCUT2D eigenvalue weighted by Crippen LogP contribution is -2.47. The summed E-state index contributed by atoms with van der Waals surface area (Å²) in [6, 6.07) is 0. The molecule has 0 saturated heterocycles. The van der Waals surface area contributed by atoms with Crippen LogP contribution in [0.4, 0.5) is 0 Å². The lowest BCUT2D eigenvalue weighted by Gasteiger charge is -2.32. The third-order valence-electron chi connectivity index (χ3n) is 5.77. The Morgan fingerprint density at radius 2 is 1.18 bits per heavy atom. The van der Waals surface area contributed by atoms with Gasteiger partial charge in [-0.05, 0) is 6.42 Å². The van der Waals surface area contributed by atoms with E-state index in [1.54, 1.807) is 0 Å². The van der Waals surface area contributed by atoms with E-state index in [1.165, 1.54) is 89.9 Å². The second-order valence-electron chi connectivity index (χ2n) is 9.36. The van der Waals surface area contributed by atoms with Crippen LogP contribution < -0.4 is 5.11 Å². The summed E-state index contributed by atoms with van der Waals surface area (Å²) in [4.78, 5) is 10.6. The number of carboxylic acid groups (broad SMARTS) is 1. The molecule has 0 aromatic carbocycles. The van der Waals surface area contributed by atoms with Crippen molar-refractivity contribution in [2.24, 2.45) is 0 Å². The van der Waals surface area contributed by atoms with Crippen molar-refractivity contribution in [2.75, 3.05) is 27.2 Å². The summed E-state index contributed by atoms with van der Waals surface area (Å²) in [7, 11) is 3.94. The van der Waals surface area contributed by atoms with Crippen LogP contribution in [0.15, 0.2) is 0 Å². The maximum absolute atomic E-state index is 10.6. The Kier molecular flexibility index (Phi) is 18.0. The average Bonchev–Trinajstić information content (AvgIpc) is 2.63. The Labute approximate surface area is 175 Å². The zero-order valence-electron chi connectivity index (χ0n) is 19.2. The van der Waals surface area contributed by atoms with Crippen molar-refractivity contribution in [3.63, 3.8) is 0 Å². The van der Waals surface area contributed by atoms with Crippen molar-refractivity contribution in [3.05, 3.63) is 0 Å². The van der Waals surface area contributed by atoms with Gasteiger partial charge in [-0.2, -0.15) is 0 Å². The van der Waals surface area contributed by atoms with Gasteiger partial charge < -0.3 is 19.5 Å². The highest BCUT2D eigenvalue weighted by molar-refractivity contribution is 5.64. The molecule has 0 fully saturated rings. The molecule has 0 radical (unpaired) electrons. The molecule has 0 aromatic rings. The molecular weight excluding hydrogens is 350 g/mol. The summed E-state index contributed by atoms with van der Waals surface area (Å²) >= 11 is 0. The van der Waals surface area contributed by atoms with Gasteiger partial charge >= 0.3 is 0 Å². The molecule has 0 saturated carbocycles. The SMILES string of the molecule is CCCCCCCCCCCCCCCCCC(O)C[N+](C)(C)CCC(=O)[O-]. The van der Waals surface area contributed by atoms with Crippen LogP contribution in [0.5, 0.6) is 0 Å². The number of hydrogen-bond acceptors (Lipinski definition) is 3. The van der Waals surface area contributed by atoms with E-state index in [1.807, 2.05) is 14.1 Å². The van der Waals surface area contributed by atoms with Crippen molar-refractivity contribution in [3.8, 4) is 0 Å². The molecule has 0 aliphatic heterocycles. The Morgan fingerprint density at radius 1 is 0.786 bits per heavy atom. The Hall–Kier alpha value is -0.610. The summed E-state index contributed by atoms with van der Waals surface area (Å²) in [6.07, 6.45) is 20.8. The monoisotopic (exact) mass is 399 g/mol. The molecular formula is C24H49NO3. The molecule has 0 rings (SSSR count). The maximum atomic E-state index is 10.6. The summed E-state index contributed by atoms with van der Waals surface area (Å²) < 4.78 is 0.536. The Morgan fingerprint density at radius 3 is 1.57 bits per heavy atom. The molecule has 1 unspecified atom stereocenters. The number of unbranched alkanes of at least 4 members (excludes halogenated alkanes) is 14. The fraction of sp³-hybridized carbons (Fsp3) is 0.958. The largest absolute Gasteiger partial charge is 0.550 e. The van der Waals surface area contributed by atoms with E-state index in [-0.39, 0.29) is 12.5 Å². The number of rotatable bonds is 21. The van der Waals surface area contributed by atoms with Gasteiger partial charge in [0.2, 0.25) is 0 Å². The second-order valence-corrected chi connectivity index (χ2v) is 9.36. The molecule has 4 heteroatoms. The minimum atomic E-state index is -1.01. The number of hydrogen-bond donors (Lipinski definition) is 1. The van der Waals surface area contributed by atoms with E-state index in [9.17, 15) is 15.0 Å². The minimum absolute atomic E-state index is 0.0542. The van der Waals surface area contributed by atoms with Crippen molar-refractivity contribution in [1.82, 2.24) is 0 Å². The second kappa shape index (κ2) is 18.4. The highest BCUT2D eigenvalue weighted by Gasteiger charge is 2.19. The molecule has 168 valence electrons. The topological polar surface area (TPSA) is 60.4 Å². The quantitative estimate of drug-likeness (QED) is 0.222. The highest BCUT2D eigenvalue weighted by atomic mass is 16.4. The molecule has 0 aromatic heterocycles. The number of carboxylic acids is 1. The molecule has 0 aliphatic rings. The first-order chi connectivity index (χ1) is 13.4. The number of carbonyl (C=O) groups is 1. The van der Waals surface area contributed by atoms with Gasteiger partial charge in [-0.1, -0.05) is 103 Å². The van der Waals surface area contributed by atoms with Gasteiger partial charge in [-0.3, -0.25) is 0 Å². The fourth-order valence-corrected chi connectivity index (χ4v) is 3.90. The van der Waals surface area contributed by atoms with E-state index < -0.39 is 5.97 Å². The zero-order valence-corrected chi connectivity index (χ0v) is 19.2. The first kappa shape index (κ1) is 27.4. The summed E-state index contributed by atoms with van der Waals surface area (Å²) in [5.41, 5.74) is 0. The molecule has 1 N–H and O–H groups in total. The third kappa shape index (κ3) is 20.1. The van der Waals surface area contributed by atoms with Gasteiger partial charge in [0.05, 0.1) is 20.6 Å². The molecule has 4 nitrogen and oxygen atoms in total. The van der Waals surface area contributed by atoms with Gasteiger partial charge in [0.25, 0.3) is 0 Å². The molecule has 0 heterocycles. The molecule has 1 atom stereocenters. The van der Waals surface area contributed by atoms with Gasteiger partial charge in [0.1, 0.15) is 12.6 Å². The van der Waals surface area contributed by atoms with Crippen LogP contribution in [0.1, 0.15) is 116 Å². The standard InChI is InChI=1S/C24H49NO3/c1-4-5-6-7-8-9-10-11-12-13-14-15-16-17-18-19-23(26)22-25(2,3)21-20-24(27)28/h23,26H,4-22H2,1-3H3. The maximum Gasteiger partial charge on any atom is 0.105 e. The number of aliphatic hydroxyl groups excluding tert-OH is 1. The van der Waals surface area contributed by atoms with Gasteiger partial charge in [-0.25, -0.2) is 0 Å². The zero-order chi connectivity index (χ0) is 21.1. The number of likely N-dealkylation sites (N-methyl/N-ethyl adjacent to an activating group) is 1. The summed E-state index contributed by atoms with van der Waals surface area (Å²) in [5, 5.41) is 20.8. The van der Waals surface area contributed by atoms with Crippen LogP contribution in [-0.4, -0.2) is 48.8 Å². The molecule has 28 heavy (non-hydrogen) atoms. The van der Waals surface area contributed by atoms with Crippen LogP contribution in [0.2, 0.25) is 0 Å². The number of aliphatic carboxylic acids is 1. The van der Waals surface area contributed by atoms with E-state index in [0.29, 0.717) is 17.6 Å². The Bertz CT molecular complexity index is 358. The van der Waals surface area contributed by atoms with Crippen LogP contribution in [0.25, 0.3) is 0 Å². The number of quaternary nitrogens is 1. The number of carbonyl (C=O) groups excluding carboxylic acids is 1. The molecule has 0 spiro atoms. The van der Waals surface area contributed by atoms with Gasteiger partial charge in [-0.15, -0.1) is 0 Å². The van der Waals surface area contributed by atoms with Crippen molar-refractivity contribution in [1.29, 1.82) is 0 Å². The number of nitrogens with zero attached hydrogens (tertiary/aromatic N) is 1. The van der Waals surface area contributed by atoms with Crippen LogP contribution in [0.3, 0.4) is 0 Å². The predicted octanol–water partition coefficient (Wildman–Crippen LogP) is 4.83. The Balaban J connectivity index is 3.35. The molecule has 0 bridgehead atoms. The third-order valence-corrected chi connectivity index (χ3v) is 5.77. The van der Waals surface area contributed by atoms with E-state index in [0.717, 1.165) is 12.8 Å². The van der Waals surface area contributed by atoms with E-state index in [2.05, 4.69) is 6.92 Å². The summed E-state index contributed by atoms with van der Waals surface area (Å²) in [5.74, 6) is -1.01. The lowest BCUT2D eigenvalue weighted by atomic mass is 10.0. The van der Waals surface area contributed by atoms with Crippen molar-refractivity contribution < 1.29 is 19.5 Å². The van der Waals surface area contributed by atoms with Gasteiger partial charge in [0.15, 0.2) is 0 Å². The van der Waals surface area contributed by atoms with Gasteiger partial charge in [0, 0.05) is 12.4 Å². The van der Waals surface area contributed by atoms with Crippen LogP contribution in [0, 0.1) is 0 Å².